The number of rotatable bonds is 1. The summed E-state index contributed by atoms with van der Waals surface area (Å²) in [6, 6.07) is 0. The molecule has 1 saturated heterocycles. The molecule has 1 heterocycles. The molecule has 0 radical (unpaired) electrons. The molecule has 2 aliphatic carbocycles. The Bertz CT molecular complexity index is 304. The van der Waals surface area contributed by atoms with Crippen LogP contribution in [0.1, 0.15) is 27.2 Å². The zero-order valence-electron chi connectivity index (χ0n) is 9.82. The molecular weight excluding hydrogens is 188 g/mol. The van der Waals surface area contributed by atoms with Crippen LogP contribution in [0.3, 0.4) is 0 Å². The first-order valence-corrected chi connectivity index (χ1v) is 6.04. The van der Waals surface area contributed by atoms with Gasteiger partial charge in [-0.3, -0.25) is 0 Å². The number of fused-ring (bicyclic) bond motifs is 2. The maximum absolute atomic E-state index is 5.89. The van der Waals surface area contributed by atoms with E-state index in [1.54, 1.807) is 0 Å². The number of hydrogen-bond donors (Lipinski definition) is 0. The van der Waals surface area contributed by atoms with E-state index in [0.717, 1.165) is 19.1 Å². The highest BCUT2D eigenvalue weighted by Crippen LogP contribution is 2.62. The highest BCUT2D eigenvalue weighted by Gasteiger charge is 2.62. The van der Waals surface area contributed by atoms with Crippen molar-refractivity contribution >= 4 is 0 Å². The van der Waals surface area contributed by atoms with Crippen molar-refractivity contribution in [2.75, 3.05) is 13.2 Å². The molecule has 0 amide bonds. The molecule has 0 aromatic heterocycles. The fourth-order valence-electron chi connectivity index (χ4n) is 3.90. The van der Waals surface area contributed by atoms with E-state index in [-0.39, 0.29) is 11.2 Å². The van der Waals surface area contributed by atoms with Gasteiger partial charge in [-0.2, -0.15) is 0 Å². The predicted molar refractivity (Wildman–Crippen MR) is 58.3 cm³/mol. The van der Waals surface area contributed by atoms with E-state index < -0.39 is 0 Å². The molecule has 4 unspecified atom stereocenters. The summed E-state index contributed by atoms with van der Waals surface area (Å²) in [5, 5.41) is 0. The van der Waals surface area contributed by atoms with E-state index in [4.69, 9.17) is 9.47 Å². The van der Waals surface area contributed by atoms with Crippen LogP contribution in [-0.4, -0.2) is 19.0 Å². The summed E-state index contributed by atoms with van der Waals surface area (Å²) in [6.45, 7) is 8.33. The summed E-state index contributed by atoms with van der Waals surface area (Å²) < 4.78 is 11.8. The van der Waals surface area contributed by atoms with E-state index in [1.807, 2.05) is 0 Å². The Morgan fingerprint density at radius 1 is 1.13 bits per heavy atom. The molecule has 1 aliphatic heterocycles. The van der Waals surface area contributed by atoms with Crippen LogP contribution in [0.5, 0.6) is 0 Å². The minimum absolute atomic E-state index is 0.156. The first-order chi connectivity index (χ1) is 7.08. The van der Waals surface area contributed by atoms with Crippen LogP contribution >= 0.6 is 0 Å². The number of hydrogen-bond acceptors (Lipinski definition) is 2. The van der Waals surface area contributed by atoms with Crippen molar-refractivity contribution in [1.29, 1.82) is 0 Å². The summed E-state index contributed by atoms with van der Waals surface area (Å²) in [5.74, 6) is 1.68. The van der Waals surface area contributed by atoms with E-state index in [9.17, 15) is 0 Å². The fourth-order valence-corrected chi connectivity index (χ4v) is 3.90. The Labute approximate surface area is 91.6 Å². The van der Waals surface area contributed by atoms with Gasteiger partial charge in [0.05, 0.1) is 13.2 Å². The van der Waals surface area contributed by atoms with Crippen LogP contribution in [0, 0.1) is 23.2 Å². The molecular formula is C13H20O2. The second-order valence-electron chi connectivity index (χ2n) is 5.60. The van der Waals surface area contributed by atoms with Gasteiger partial charge < -0.3 is 9.47 Å². The van der Waals surface area contributed by atoms with Gasteiger partial charge in [0.1, 0.15) is 0 Å². The van der Waals surface area contributed by atoms with Crippen LogP contribution < -0.4 is 0 Å². The van der Waals surface area contributed by atoms with E-state index in [2.05, 4.69) is 32.9 Å². The van der Waals surface area contributed by atoms with Crippen LogP contribution in [0.2, 0.25) is 0 Å². The van der Waals surface area contributed by atoms with Gasteiger partial charge in [-0.1, -0.05) is 26.0 Å². The summed E-state index contributed by atoms with van der Waals surface area (Å²) in [5.41, 5.74) is 0.156. The monoisotopic (exact) mass is 208 g/mol. The first-order valence-electron chi connectivity index (χ1n) is 6.04. The molecule has 0 spiro atoms. The van der Waals surface area contributed by atoms with Crippen LogP contribution in [-0.2, 0) is 9.47 Å². The van der Waals surface area contributed by atoms with Crippen molar-refractivity contribution in [2.24, 2.45) is 23.2 Å². The van der Waals surface area contributed by atoms with Gasteiger partial charge in [0.2, 0.25) is 0 Å². The van der Waals surface area contributed by atoms with Gasteiger partial charge >= 0.3 is 0 Å². The Kier molecular flexibility index (Phi) is 1.88. The molecule has 0 aromatic carbocycles. The van der Waals surface area contributed by atoms with Gasteiger partial charge in [-0.15, -0.1) is 0 Å². The van der Waals surface area contributed by atoms with Crippen LogP contribution in [0.25, 0.3) is 0 Å². The maximum Gasteiger partial charge on any atom is 0.171 e. The summed E-state index contributed by atoms with van der Waals surface area (Å²) in [4.78, 5) is 0. The fraction of sp³-hybridized carbons (Fsp3) is 0.846. The molecule has 1 saturated carbocycles. The third-order valence-corrected chi connectivity index (χ3v) is 5.29. The summed E-state index contributed by atoms with van der Waals surface area (Å²) >= 11 is 0. The molecule has 2 heteroatoms. The molecule has 4 atom stereocenters. The van der Waals surface area contributed by atoms with Gasteiger partial charge in [0.15, 0.2) is 5.79 Å². The molecule has 3 aliphatic rings. The minimum atomic E-state index is -0.364. The standard InChI is InChI=1S/C13H20O2/c1-9-10-4-5-11(8-10)12(9,2)13(3)14-6-7-15-13/h4-5,9-11H,6-8H2,1-3H3. The normalized spacial score (nSPS) is 51.5. The highest BCUT2D eigenvalue weighted by atomic mass is 16.7. The van der Waals surface area contributed by atoms with Crippen LogP contribution in [0.4, 0.5) is 0 Å². The lowest BCUT2D eigenvalue weighted by atomic mass is 9.65. The second kappa shape index (κ2) is 2.86. The average Bonchev–Trinajstić information content (AvgIpc) is 2.87. The molecule has 2 nitrogen and oxygen atoms in total. The predicted octanol–water partition coefficient (Wildman–Crippen LogP) is 2.60. The van der Waals surface area contributed by atoms with Crippen molar-refractivity contribution < 1.29 is 9.47 Å². The largest absolute Gasteiger partial charge is 0.347 e. The maximum atomic E-state index is 5.89. The molecule has 2 bridgehead atoms. The SMILES string of the molecule is CC1C2C=CC(C2)C1(C)C1(C)OCCO1. The number of allylic oxidation sites excluding steroid dienone is 2. The van der Waals surface area contributed by atoms with E-state index in [1.165, 1.54) is 6.42 Å². The molecule has 0 aromatic rings. The lowest BCUT2D eigenvalue weighted by Gasteiger charge is -2.47. The topological polar surface area (TPSA) is 18.5 Å². The summed E-state index contributed by atoms with van der Waals surface area (Å²) in [7, 11) is 0. The lowest BCUT2D eigenvalue weighted by Crippen LogP contribution is -2.51. The minimum Gasteiger partial charge on any atom is -0.347 e. The number of ether oxygens (including phenoxy) is 2. The molecule has 2 fully saturated rings. The van der Waals surface area contributed by atoms with Crippen LogP contribution in [0.15, 0.2) is 12.2 Å². The Hall–Kier alpha value is -0.340. The highest BCUT2D eigenvalue weighted by molar-refractivity contribution is 5.20. The van der Waals surface area contributed by atoms with Crippen molar-refractivity contribution in [3.05, 3.63) is 12.2 Å². The van der Waals surface area contributed by atoms with Gasteiger partial charge in [0.25, 0.3) is 0 Å². The average molecular weight is 208 g/mol. The zero-order valence-corrected chi connectivity index (χ0v) is 9.82. The molecule has 0 N–H and O–H groups in total. The molecule has 84 valence electrons. The Balaban J connectivity index is 1.99. The van der Waals surface area contributed by atoms with Crippen molar-refractivity contribution in [3.63, 3.8) is 0 Å². The van der Waals surface area contributed by atoms with E-state index >= 15 is 0 Å². The Morgan fingerprint density at radius 2 is 1.80 bits per heavy atom. The second-order valence-corrected chi connectivity index (χ2v) is 5.60. The van der Waals surface area contributed by atoms with Crippen molar-refractivity contribution in [2.45, 2.75) is 33.0 Å². The third-order valence-electron chi connectivity index (χ3n) is 5.29. The third kappa shape index (κ3) is 1.02. The van der Waals surface area contributed by atoms with Gasteiger partial charge in [-0.05, 0) is 31.1 Å². The lowest BCUT2D eigenvalue weighted by molar-refractivity contribution is -0.240. The van der Waals surface area contributed by atoms with Crippen molar-refractivity contribution in [1.82, 2.24) is 0 Å². The first kappa shape index (κ1) is 9.86. The molecule has 3 rings (SSSR count). The van der Waals surface area contributed by atoms with E-state index in [0.29, 0.717) is 11.8 Å². The van der Waals surface area contributed by atoms with Gasteiger partial charge in [-0.25, -0.2) is 0 Å². The molecule has 15 heavy (non-hydrogen) atoms. The Morgan fingerprint density at radius 3 is 2.33 bits per heavy atom. The summed E-state index contributed by atoms with van der Waals surface area (Å²) in [6.07, 6.45) is 6.05. The quantitative estimate of drug-likeness (QED) is 0.617. The zero-order chi connectivity index (χ0) is 10.7. The smallest absolute Gasteiger partial charge is 0.171 e. The van der Waals surface area contributed by atoms with Gasteiger partial charge in [0, 0.05) is 5.41 Å². The van der Waals surface area contributed by atoms with Crippen molar-refractivity contribution in [3.8, 4) is 0 Å².